The van der Waals surface area contributed by atoms with Crippen LogP contribution >= 0.6 is 0 Å². The molecule has 1 fully saturated rings. The molecular weight excluding hydrogens is 487 g/mol. The van der Waals surface area contributed by atoms with Gasteiger partial charge in [0.25, 0.3) is 5.91 Å². The Hall–Kier alpha value is -3.48. The summed E-state index contributed by atoms with van der Waals surface area (Å²) in [6.45, 7) is 0.683. The highest BCUT2D eigenvalue weighted by atomic mass is 32.2. The van der Waals surface area contributed by atoms with Gasteiger partial charge in [0.05, 0.1) is 10.8 Å². The molecule has 0 saturated carbocycles. The van der Waals surface area contributed by atoms with Crippen LogP contribution in [0.2, 0.25) is 0 Å². The van der Waals surface area contributed by atoms with Gasteiger partial charge < -0.3 is 10.2 Å². The summed E-state index contributed by atoms with van der Waals surface area (Å²) in [7, 11) is -3.13. The summed E-state index contributed by atoms with van der Waals surface area (Å²) in [5.74, 6) is -0.982. The second-order valence-electron chi connectivity index (χ2n) is 8.37. The Kier molecular flexibility index (Phi) is 6.54. The number of piperidine rings is 1. The summed E-state index contributed by atoms with van der Waals surface area (Å²) in [5, 5.41) is 7.04. The number of sulfone groups is 1. The molecule has 1 aromatic carbocycles. The van der Waals surface area contributed by atoms with Crippen molar-refractivity contribution in [3.8, 4) is 0 Å². The molecule has 2 aromatic heterocycles. The van der Waals surface area contributed by atoms with Crippen LogP contribution in [-0.4, -0.2) is 64.5 Å². The van der Waals surface area contributed by atoms with Gasteiger partial charge in [-0.2, -0.15) is 18.3 Å². The molecule has 0 atom stereocenters. The number of nitrogens with zero attached hydrogens (tertiary/aromatic N) is 4. The largest absolute Gasteiger partial charge is 0.433 e. The average Bonchev–Trinajstić information content (AvgIpc) is 3.19. The lowest BCUT2D eigenvalue weighted by atomic mass is 10.1. The van der Waals surface area contributed by atoms with Crippen molar-refractivity contribution in [2.45, 2.75) is 30.8 Å². The van der Waals surface area contributed by atoms with E-state index in [0.717, 1.165) is 12.1 Å². The molecule has 1 aliphatic heterocycles. The highest BCUT2D eigenvalue weighted by Crippen LogP contribution is 2.27. The van der Waals surface area contributed by atoms with Gasteiger partial charge >= 0.3 is 6.18 Å². The number of benzene rings is 1. The molecule has 1 N–H and O–H groups in total. The Bertz CT molecular complexity index is 1380. The second-order valence-corrected chi connectivity index (χ2v) is 10.7. The number of pyridine rings is 1. The summed E-state index contributed by atoms with van der Waals surface area (Å²) in [6, 6.07) is 7.83. The maximum Gasteiger partial charge on any atom is 0.433 e. The monoisotopic (exact) mass is 509 g/mol. The number of hydrogen-bond donors (Lipinski definition) is 1. The van der Waals surface area contributed by atoms with Crippen molar-refractivity contribution in [2.75, 3.05) is 24.7 Å². The Morgan fingerprint density at radius 1 is 1.14 bits per heavy atom. The number of rotatable bonds is 5. The highest BCUT2D eigenvalue weighted by Gasteiger charge is 2.33. The number of carbonyl (C=O) groups excluding carboxylic acids is 2. The Morgan fingerprint density at radius 3 is 2.51 bits per heavy atom. The minimum Gasteiger partial charge on any atom is -0.341 e. The van der Waals surface area contributed by atoms with Crippen molar-refractivity contribution < 1.29 is 31.2 Å². The molecule has 186 valence electrons. The third-order valence-electron chi connectivity index (χ3n) is 5.78. The molecule has 9 nitrogen and oxygen atoms in total. The first-order valence-corrected chi connectivity index (χ1v) is 12.6. The van der Waals surface area contributed by atoms with Gasteiger partial charge in [-0.3, -0.25) is 14.3 Å². The van der Waals surface area contributed by atoms with Crippen molar-refractivity contribution in [1.29, 1.82) is 0 Å². The molecule has 4 rings (SSSR count). The first-order valence-electron chi connectivity index (χ1n) is 10.7. The fourth-order valence-corrected chi connectivity index (χ4v) is 4.99. The topological polar surface area (TPSA) is 114 Å². The van der Waals surface area contributed by atoms with Crippen LogP contribution in [0.4, 0.5) is 18.9 Å². The number of aromatic nitrogens is 3. The van der Waals surface area contributed by atoms with Crippen LogP contribution in [0, 0.1) is 0 Å². The highest BCUT2D eigenvalue weighted by molar-refractivity contribution is 7.91. The second kappa shape index (κ2) is 9.29. The van der Waals surface area contributed by atoms with Gasteiger partial charge in [-0.1, -0.05) is 6.07 Å². The molecule has 1 saturated heterocycles. The number of anilines is 1. The zero-order chi connectivity index (χ0) is 25.4. The van der Waals surface area contributed by atoms with E-state index in [-0.39, 0.29) is 18.1 Å². The molecule has 0 radical (unpaired) electrons. The van der Waals surface area contributed by atoms with Crippen molar-refractivity contribution in [1.82, 2.24) is 19.7 Å². The number of carbonyl (C=O) groups is 2. The third-order valence-corrected chi connectivity index (χ3v) is 7.46. The van der Waals surface area contributed by atoms with Crippen molar-refractivity contribution in [3.05, 3.63) is 54.0 Å². The normalized spacial score (nSPS) is 15.4. The molecular formula is C22H22F3N5O4S. The molecule has 2 amide bonds. The Morgan fingerprint density at radius 2 is 1.86 bits per heavy atom. The number of halogens is 3. The lowest BCUT2D eigenvalue weighted by molar-refractivity contribution is -0.141. The van der Waals surface area contributed by atoms with Gasteiger partial charge in [0.2, 0.25) is 5.91 Å². The maximum atomic E-state index is 12.9. The van der Waals surface area contributed by atoms with E-state index in [1.54, 1.807) is 29.3 Å². The predicted molar refractivity (Wildman–Crippen MR) is 121 cm³/mol. The van der Waals surface area contributed by atoms with E-state index in [1.807, 2.05) is 0 Å². The van der Waals surface area contributed by atoms with Crippen LogP contribution in [0.1, 0.15) is 29.0 Å². The van der Waals surface area contributed by atoms with Crippen LogP contribution in [0.25, 0.3) is 10.9 Å². The van der Waals surface area contributed by atoms with E-state index in [2.05, 4.69) is 15.4 Å². The summed E-state index contributed by atoms with van der Waals surface area (Å²) >= 11 is 0. The van der Waals surface area contributed by atoms with E-state index in [1.165, 1.54) is 17.0 Å². The number of hydrogen-bond acceptors (Lipinski definition) is 6. The lowest BCUT2D eigenvalue weighted by Gasteiger charge is -2.31. The van der Waals surface area contributed by atoms with E-state index in [0.29, 0.717) is 42.5 Å². The van der Waals surface area contributed by atoms with Crippen molar-refractivity contribution >= 4 is 38.2 Å². The predicted octanol–water partition coefficient (Wildman–Crippen LogP) is 2.74. The van der Waals surface area contributed by atoms with Crippen molar-refractivity contribution in [2.24, 2.45) is 0 Å². The lowest BCUT2D eigenvalue weighted by Crippen LogP contribution is -2.43. The maximum absolute atomic E-state index is 12.9. The molecule has 3 heterocycles. The van der Waals surface area contributed by atoms with Gasteiger partial charge in [0.15, 0.2) is 0 Å². The van der Waals surface area contributed by atoms with Crippen LogP contribution < -0.4 is 5.32 Å². The minimum absolute atomic E-state index is 0.0337. The van der Waals surface area contributed by atoms with E-state index in [9.17, 15) is 31.2 Å². The number of nitrogens with one attached hydrogen (secondary N) is 1. The van der Waals surface area contributed by atoms with Crippen molar-refractivity contribution in [3.63, 3.8) is 0 Å². The SMILES string of the molecule is CS(=O)(=O)C1CCN(C(=O)Cn2cc3cc(NC(=O)c4cccc(C(F)(F)F)n4)ccc3n2)CC1. The summed E-state index contributed by atoms with van der Waals surface area (Å²) in [6.07, 6.45) is -1.04. The third kappa shape index (κ3) is 5.78. The number of likely N-dealkylation sites (tertiary alicyclic amines) is 1. The molecule has 3 aromatic rings. The fraction of sp³-hybridized carbons (Fsp3) is 0.364. The van der Waals surface area contributed by atoms with E-state index in [4.69, 9.17) is 0 Å². The minimum atomic E-state index is -4.66. The number of fused-ring (bicyclic) bond motifs is 1. The molecule has 0 bridgehead atoms. The average molecular weight is 510 g/mol. The quantitative estimate of drug-likeness (QED) is 0.566. The smallest absolute Gasteiger partial charge is 0.341 e. The van der Waals surface area contributed by atoms with E-state index < -0.39 is 32.9 Å². The summed E-state index contributed by atoms with van der Waals surface area (Å²) < 4.78 is 63.4. The molecule has 1 aliphatic rings. The standard InChI is InChI=1S/C22H22F3N5O4S/c1-35(33,34)16-7-9-29(10-8-16)20(31)13-30-12-14-11-15(5-6-17(14)28-30)26-21(32)18-3-2-4-19(27-18)22(23,24)25/h2-6,11-12,16H,7-10,13H2,1H3,(H,26,32). The molecule has 13 heteroatoms. The molecule has 0 unspecified atom stereocenters. The van der Waals surface area contributed by atoms with E-state index >= 15 is 0 Å². The van der Waals surface area contributed by atoms with Crippen LogP contribution in [0.15, 0.2) is 42.6 Å². The van der Waals surface area contributed by atoms with Gasteiger partial charge in [0, 0.05) is 36.6 Å². The molecule has 35 heavy (non-hydrogen) atoms. The van der Waals surface area contributed by atoms with Gasteiger partial charge in [-0.15, -0.1) is 0 Å². The van der Waals surface area contributed by atoms with Crippen LogP contribution in [0.3, 0.4) is 0 Å². The summed E-state index contributed by atoms with van der Waals surface area (Å²) in [4.78, 5) is 30.0. The molecule has 0 aliphatic carbocycles. The zero-order valence-electron chi connectivity index (χ0n) is 18.6. The van der Waals surface area contributed by atoms with Crippen LogP contribution in [0.5, 0.6) is 0 Å². The van der Waals surface area contributed by atoms with Gasteiger partial charge in [0.1, 0.15) is 27.8 Å². The number of alkyl halides is 3. The first kappa shape index (κ1) is 24.6. The fourth-order valence-electron chi connectivity index (χ4n) is 3.92. The number of amides is 2. The van der Waals surface area contributed by atoms with Gasteiger partial charge in [-0.25, -0.2) is 13.4 Å². The summed E-state index contributed by atoms with van der Waals surface area (Å²) in [5.41, 5.74) is -0.646. The zero-order valence-corrected chi connectivity index (χ0v) is 19.4. The first-order chi connectivity index (χ1) is 16.4. The Labute approximate surface area is 198 Å². The Balaban J connectivity index is 1.41. The van der Waals surface area contributed by atoms with Crippen LogP contribution in [-0.2, 0) is 27.4 Å². The molecule has 0 spiro atoms. The van der Waals surface area contributed by atoms with Gasteiger partial charge in [-0.05, 0) is 43.2 Å².